The zero-order chi connectivity index (χ0) is 6.53. The van der Waals surface area contributed by atoms with E-state index in [9.17, 15) is 0 Å². The van der Waals surface area contributed by atoms with Crippen LogP contribution in [-0.2, 0) is 0 Å². The van der Waals surface area contributed by atoms with Crippen molar-refractivity contribution in [3.63, 3.8) is 0 Å². The van der Waals surface area contributed by atoms with Crippen molar-refractivity contribution in [3.05, 3.63) is 0 Å². The van der Waals surface area contributed by atoms with E-state index in [1.165, 1.54) is 25.7 Å². The molecule has 2 N–H and O–H groups in total. The summed E-state index contributed by atoms with van der Waals surface area (Å²) in [6.07, 6.45) is 10.7. The second kappa shape index (κ2) is 3.53. The highest BCUT2D eigenvalue weighted by molar-refractivity contribution is 4.81. The van der Waals surface area contributed by atoms with Gasteiger partial charge in [-0.3, -0.25) is 0 Å². The van der Waals surface area contributed by atoms with Gasteiger partial charge in [0.2, 0.25) is 0 Å². The zero-order valence-electron chi connectivity index (χ0n) is 5.77. The van der Waals surface area contributed by atoms with E-state index >= 15 is 0 Å². The minimum Gasteiger partial charge on any atom is -0.334 e. The van der Waals surface area contributed by atoms with Gasteiger partial charge in [-0.1, -0.05) is 0 Å². The maximum Gasteiger partial charge on any atom is 0.137 e. The Morgan fingerprint density at radius 2 is 2.11 bits per heavy atom. The van der Waals surface area contributed by atoms with Gasteiger partial charge in [0.15, 0.2) is 0 Å². The molecule has 0 bridgehead atoms. The lowest BCUT2D eigenvalue weighted by atomic mass is 10.2. The van der Waals surface area contributed by atoms with Crippen molar-refractivity contribution in [2.45, 2.75) is 31.7 Å². The molecular weight excluding hydrogens is 110 g/mol. The van der Waals surface area contributed by atoms with E-state index in [0.717, 1.165) is 12.6 Å². The van der Waals surface area contributed by atoms with Crippen molar-refractivity contribution in [1.82, 2.24) is 0 Å². The Morgan fingerprint density at radius 1 is 1.44 bits per heavy atom. The second-order valence-corrected chi connectivity index (χ2v) is 2.69. The summed E-state index contributed by atoms with van der Waals surface area (Å²) in [5.41, 5.74) is 0. The molecule has 0 heterocycles. The summed E-state index contributed by atoms with van der Waals surface area (Å²) in [6.45, 7) is 0.866. The lowest BCUT2D eigenvalue weighted by molar-refractivity contribution is -0.678. The molecule has 1 saturated carbocycles. The molecule has 0 aliphatic heterocycles. The highest BCUT2D eigenvalue weighted by Crippen LogP contribution is 2.13. The summed E-state index contributed by atoms with van der Waals surface area (Å²) in [4.78, 5) is 0. The summed E-state index contributed by atoms with van der Waals surface area (Å²) < 4.78 is 0. The third-order valence-corrected chi connectivity index (χ3v) is 1.97. The first-order valence-electron chi connectivity index (χ1n) is 3.70. The van der Waals surface area contributed by atoms with Gasteiger partial charge in [-0.15, -0.1) is 6.42 Å². The molecule has 50 valence electrons. The van der Waals surface area contributed by atoms with E-state index in [4.69, 9.17) is 6.42 Å². The number of terminal acetylenes is 1. The minimum atomic E-state index is 0.848. The topological polar surface area (TPSA) is 16.6 Å². The lowest BCUT2D eigenvalue weighted by Crippen LogP contribution is -2.89. The van der Waals surface area contributed by atoms with Crippen molar-refractivity contribution >= 4 is 0 Å². The SMILES string of the molecule is C#CC[NH2+]C1CCCC1. The third kappa shape index (κ3) is 2.07. The average Bonchev–Trinajstić information content (AvgIpc) is 2.34. The van der Waals surface area contributed by atoms with Crippen LogP contribution < -0.4 is 5.32 Å². The molecule has 9 heavy (non-hydrogen) atoms. The van der Waals surface area contributed by atoms with Crippen molar-refractivity contribution < 1.29 is 5.32 Å². The largest absolute Gasteiger partial charge is 0.334 e. The van der Waals surface area contributed by atoms with Crippen LogP contribution >= 0.6 is 0 Å². The number of nitrogens with two attached hydrogens (primary N) is 1. The molecule has 1 heteroatoms. The molecule has 1 fully saturated rings. The lowest BCUT2D eigenvalue weighted by Gasteiger charge is -2.03. The molecule has 1 aliphatic carbocycles. The first-order valence-corrected chi connectivity index (χ1v) is 3.70. The summed E-state index contributed by atoms with van der Waals surface area (Å²) in [6, 6.07) is 0.848. The molecule has 0 amide bonds. The third-order valence-electron chi connectivity index (χ3n) is 1.97. The Morgan fingerprint density at radius 3 is 2.67 bits per heavy atom. The monoisotopic (exact) mass is 124 g/mol. The van der Waals surface area contributed by atoms with Gasteiger partial charge in [0, 0.05) is 0 Å². The maximum absolute atomic E-state index is 5.13. The molecular formula is C8H14N+. The van der Waals surface area contributed by atoms with Crippen molar-refractivity contribution in [2.24, 2.45) is 0 Å². The molecule has 0 aromatic carbocycles. The average molecular weight is 124 g/mol. The molecule has 0 atom stereocenters. The van der Waals surface area contributed by atoms with Crippen molar-refractivity contribution in [2.75, 3.05) is 6.54 Å². The minimum absolute atomic E-state index is 0.848. The van der Waals surface area contributed by atoms with Crippen molar-refractivity contribution in [3.8, 4) is 12.3 Å². The molecule has 0 saturated heterocycles. The van der Waals surface area contributed by atoms with Crippen LogP contribution in [0.25, 0.3) is 0 Å². The molecule has 0 unspecified atom stereocenters. The van der Waals surface area contributed by atoms with Gasteiger partial charge in [0.05, 0.1) is 6.04 Å². The van der Waals surface area contributed by atoms with Crippen molar-refractivity contribution in [1.29, 1.82) is 0 Å². The molecule has 1 rings (SSSR count). The van der Waals surface area contributed by atoms with Gasteiger partial charge in [0.1, 0.15) is 6.54 Å². The van der Waals surface area contributed by atoms with Gasteiger partial charge in [-0.25, -0.2) is 0 Å². The van der Waals surface area contributed by atoms with Gasteiger partial charge >= 0.3 is 0 Å². The van der Waals surface area contributed by atoms with Crippen LogP contribution in [0, 0.1) is 12.3 Å². The fourth-order valence-corrected chi connectivity index (χ4v) is 1.43. The summed E-state index contributed by atoms with van der Waals surface area (Å²) in [7, 11) is 0. The van der Waals surface area contributed by atoms with Crippen LogP contribution in [-0.4, -0.2) is 12.6 Å². The van der Waals surface area contributed by atoms with E-state index < -0.39 is 0 Å². The fourth-order valence-electron chi connectivity index (χ4n) is 1.43. The Balaban J connectivity index is 2.06. The molecule has 1 aliphatic rings. The van der Waals surface area contributed by atoms with E-state index in [1.54, 1.807) is 0 Å². The molecule has 0 aromatic rings. The van der Waals surface area contributed by atoms with Gasteiger partial charge in [0.25, 0.3) is 0 Å². The van der Waals surface area contributed by atoms with Crippen LogP contribution in [0.5, 0.6) is 0 Å². The number of hydrogen-bond acceptors (Lipinski definition) is 0. The van der Waals surface area contributed by atoms with E-state index in [0.29, 0.717) is 0 Å². The van der Waals surface area contributed by atoms with Crippen LogP contribution in [0.3, 0.4) is 0 Å². The molecule has 1 nitrogen and oxygen atoms in total. The van der Waals surface area contributed by atoms with Crippen LogP contribution in [0.15, 0.2) is 0 Å². The maximum atomic E-state index is 5.13. The Kier molecular flexibility index (Phi) is 2.60. The van der Waals surface area contributed by atoms with Crippen LogP contribution in [0.4, 0.5) is 0 Å². The highest BCUT2D eigenvalue weighted by Gasteiger charge is 2.16. The summed E-state index contributed by atoms with van der Waals surface area (Å²) in [5.74, 6) is 2.64. The highest BCUT2D eigenvalue weighted by atomic mass is 14.9. The molecule has 0 aromatic heterocycles. The summed E-state index contributed by atoms with van der Waals surface area (Å²) >= 11 is 0. The summed E-state index contributed by atoms with van der Waals surface area (Å²) in [5, 5.41) is 2.28. The first kappa shape index (κ1) is 6.64. The molecule has 0 radical (unpaired) electrons. The van der Waals surface area contributed by atoms with E-state index in [2.05, 4.69) is 11.2 Å². The zero-order valence-corrected chi connectivity index (χ0v) is 5.77. The standard InChI is InChI=1S/C8H13N/c1-2-7-9-8-5-3-4-6-8/h1,8-9H,3-7H2/p+1. The first-order chi connectivity index (χ1) is 4.43. The van der Waals surface area contributed by atoms with Gasteiger partial charge < -0.3 is 5.32 Å². The van der Waals surface area contributed by atoms with Gasteiger partial charge in [-0.05, 0) is 31.6 Å². The smallest absolute Gasteiger partial charge is 0.137 e. The van der Waals surface area contributed by atoms with Crippen LogP contribution in [0.1, 0.15) is 25.7 Å². The van der Waals surface area contributed by atoms with Gasteiger partial charge in [-0.2, -0.15) is 0 Å². The van der Waals surface area contributed by atoms with E-state index in [-0.39, 0.29) is 0 Å². The number of hydrogen-bond donors (Lipinski definition) is 1. The second-order valence-electron chi connectivity index (χ2n) is 2.69. The predicted octanol–water partition coefficient (Wildman–Crippen LogP) is 0.126. The Hall–Kier alpha value is -0.480. The van der Waals surface area contributed by atoms with Crippen LogP contribution in [0.2, 0.25) is 0 Å². The Labute approximate surface area is 56.8 Å². The fraction of sp³-hybridized carbons (Fsp3) is 0.750. The quantitative estimate of drug-likeness (QED) is 0.504. The Bertz CT molecular complexity index is 106. The molecule has 0 spiro atoms. The number of rotatable bonds is 2. The normalized spacial score (nSPS) is 19.9. The predicted molar refractivity (Wildman–Crippen MR) is 37.9 cm³/mol. The van der Waals surface area contributed by atoms with E-state index in [1.807, 2.05) is 0 Å². The number of quaternary nitrogens is 1.